The van der Waals surface area contributed by atoms with E-state index in [1.54, 1.807) is 0 Å². The minimum Gasteiger partial charge on any atom is -0.458 e. The first-order chi connectivity index (χ1) is 14.5. The van der Waals surface area contributed by atoms with Crippen molar-refractivity contribution in [3.8, 4) is 0 Å². The molecule has 3 atom stereocenters. The number of allylic oxidation sites excluding steroid dienone is 3. The SMILES string of the molecule is CC1=CCC/C(C)=C/[C@H]2OC(=O)[C@@H](CN3CCN(c4ccc(F)cc4)CC3)[C@@H]2CC1. The number of ether oxygens (including phenoxy) is 1. The normalized spacial score (nSPS) is 30.2. The summed E-state index contributed by atoms with van der Waals surface area (Å²) in [4.78, 5) is 17.5. The molecule has 0 amide bonds. The Balaban J connectivity index is 1.39. The molecule has 0 aromatic heterocycles. The maximum Gasteiger partial charge on any atom is 0.311 e. The van der Waals surface area contributed by atoms with Crippen molar-refractivity contribution in [2.45, 2.75) is 45.6 Å². The molecule has 0 radical (unpaired) electrons. The van der Waals surface area contributed by atoms with Crippen molar-refractivity contribution in [1.82, 2.24) is 4.90 Å². The van der Waals surface area contributed by atoms with E-state index in [1.165, 1.54) is 23.3 Å². The lowest BCUT2D eigenvalue weighted by Gasteiger charge is -2.37. The van der Waals surface area contributed by atoms with E-state index in [4.69, 9.17) is 4.74 Å². The molecule has 2 saturated heterocycles. The Morgan fingerprint density at radius 3 is 2.50 bits per heavy atom. The number of carbonyl (C=O) groups excluding carboxylic acids is 1. The summed E-state index contributed by atoms with van der Waals surface area (Å²) >= 11 is 0. The maximum absolute atomic E-state index is 13.2. The Kier molecular flexibility index (Phi) is 6.57. The second kappa shape index (κ2) is 9.34. The molecule has 0 saturated carbocycles. The lowest BCUT2D eigenvalue weighted by molar-refractivity contribution is -0.143. The summed E-state index contributed by atoms with van der Waals surface area (Å²) in [6.45, 7) is 8.73. The van der Waals surface area contributed by atoms with Gasteiger partial charge in [0.05, 0.1) is 5.92 Å². The van der Waals surface area contributed by atoms with Crippen LogP contribution >= 0.6 is 0 Å². The second-order valence-electron chi connectivity index (χ2n) is 9.08. The molecule has 5 heteroatoms. The van der Waals surface area contributed by atoms with Gasteiger partial charge in [0.15, 0.2) is 0 Å². The lowest BCUT2D eigenvalue weighted by atomic mass is 9.83. The van der Waals surface area contributed by atoms with Gasteiger partial charge in [-0.05, 0) is 69.9 Å². The van der Waals surface area contributed by atoms with Crippen LogP contribution in [0.3, 0.4) is 0 Å². The molecule has 1 aromatic rings. The van der Waals surface area contributed by atoms with Crippen molar-refractivity contribution in [3.63, 3.8) is 0 Å². The van der Waals surface area contributed by atoms with Crippen LogP contribution in [0.15, 0.2) is 47.6 Å². The first-order valence-corrected chi connectivity index (χ1v) is 11.3. The maximum atomic E-state index is 13.2. The van der Waals surface area contributed by atoms with Crippen molar-refractivity contribution >= 4 is 11.7 Å². The van der Waals surface area contributed by atoms with Gasteiger partial charge in [0.2, 0.25) is 0 Å². The average molecular weight is 413 g/mol. The first-order valence-electron chi connectivity index (χ1n) is 11.3. The number of rotatable bonds is 3. The highest BCUT2D eigenvalue weighted by atomic mass is 19.1. The summed E-state index contributed by atoms with van der Waals surface area (Å²) in [5.74, 6) is -0.0321. The van der Waals surface area contributed by atoms with Crippen molar-refractivity contribution < 1.29 is 13.9 Å². The first kappa shape index (κ1) is 21.1. The van der Waals surface area contributed by atoms with E-state index in [2.05, 4.69) is 35.8 Å². The van der Waals surface area contributed by atoms with Gasteiger partial charge >= 0.3 is 5.97 Å². The zero-order valence-corrected chi connectivity index (χ0v) is 18.1. The Morgan fingerprint density at radius 2 is 1.77 bits per heavy atom. The van der Waals surface area contributed by atoms with Gasteiger partial charge in [-0.1, -0.05) is 17.2 Å². The van der Waals surface area contributed by atoms with Gasteiger partial charge in [-0.2, -0.15) is 0 Å². The summed E-state index contributed by atoms with van der Waals surface area (Å²) in [5, 5.41) is 0. The van der Waals surface area contributed by atoms with Crippen LogP contribution < -0.4 is 4.90 Å². The molecular formula is C25H33FN2O2. The predicted octanol–water partition coefficient (Wildman–Crippen LogP) is 4.57. The molecule has 3 aliphatic rings. The van der Waals surface area contributed by atoms with Gasteiger partial charge in [-0.25, -0.2) is 4.39 Å². The molecule has 0 unspecified atom stereocenters. The molecule has 1 aromatic carbocycles. The fourth-order valence-electron chi connectivity index (χ4n) is 4.97. The second-order valence-corrected chi connectivity index (χ2v) is 9.08. The van der Waals surface area contributed by atoms with E-state index in [9.17, 15) is 9.18 Å². The number of esters is 1. The molecule has 2 heterocycles. The van der Waals surface area contributed by atoms with Crippen LogP contribution in [0, 0.1) is 17.7 Å². The van der Waals surface area contributed by atoms with E-state index in [0.29, 0.717) is 0 Å². The molecule has 162 valence electrons. The molecule has 30 heavy (non-hydrogen) atoms. The third-order valence-electron chi connectivity index (χ3n) is 6.87. The Bertz CT molecular complexity index is 809. The van der Waals surface area contributed by atoms with Gasteiger partial charge in [-0.3, -0.25) is 9.69 Å². The minimum absolute atomic E-state index is 0.0316. The number of hydrogen-bond acceptors (Lipinski definition) is 4. The number of carbonyl (C=O) groups is 1. The predicted molar refractivity (Wildman–Crippen MR) is 118 cm³/mol. The third kappa shape index (κ3) is 4.94. The van der Waals surface area contributed by atoms with Gasteiger partial charge in [-0.15, -0.1) is 0 Å². The number of hydrogen-bond donors (Lipinski definition) is 0. The molecular weight excluding hydrogens is 379 g/mol. The fraction of sp³-hybridized carbons (Fsp3) is 0.560. The van der Waals surface area contributed by atoms with Gasteiger partial charge in [0.1, 0.15) is 11.9 Å². The highest BCUT2D eigenvalue weighted by molar-refractivity contribution is 5.76. The third-order valence-corrected chi connectivity index (χ3v) is 6.87. The number of anilines is 1. The number of piperazine rings is 1. The highest BCUT2D eigenvalue weighted by Crippen LogP contribution is 2.36. The topological polar surface area (TPSA) is 32.8 Å². The van der Waals surface area contributed by atoms with Crippen LogP contribution in [0.25, 0.3) is 0 Å². The standard InChI is InChI=1S/C25H33FN2O2/c1-18-4-3-5-19(2)16-24-22(11-6-18)23(25(29)30-24)17-27-12-14-28(15-13-27)21-9-7-20(26)8-10-21/h4,7-10,16,22-24H,3,5-6,11-15,17H2,1-2H3/b18-4?,19-16+/t22-,23-,24+/m0/s1. The minimum atomic E-state index is -0.202. The van der Waals surface area contributed by atoms with Crippen LogP contribution in [0.4, 0.5) is 10.1 Å². The summed E-state index contributed by atoms with van der Waals surface area (Å²) in [7, 11) is 0. The lowest BCUT2D eigenvalue weighted by Crippen LogP contribution is -2.49. The van der Waals surface area contributed by atoms with E-state index in [1.807, 2.05) is 12.1 Å². The summed E-state index contributed by atoms with van der Waals surface area (Å²) in [5.41, 5.74) is 3.80. The molecule has 0 bridgehead atoms. The van der Waals surface area contributed by atoms with E-state index in [-0.39, 0.29) is 29.7 Å². The summed E-state index contributed by atoms with van der Waals surface area (Å²) in [6, 6.07) is 6.71. The number of nitrogens with zero attached hydrogens (tertiary/aromatic N) is 2. The number of fused-ring (bicyclic) bond motifs is 1. The van der Waals surface area contributed by atoms with Crippen LogP contribution in [-0.2, 0) is 9.53 Å². The molecule has 0 spiro atoms. The molecule has 2 fully saturated rings. The van der Waals surface area contributed by atoms with Crippen LogP contribution in [-0.4, -0.2) is 49.7 Å². The molecule has 2 aliphatic heterocycles. The number of halogens is 1. The summed E-state index contributed by atoms with van der Waals surface area (Å²) < 4.78 is 19.0. The van der Waals surface area contributed by atoms with Gasteiger partial charge < -0.3 is 9.64 Å². The van der Waals surface area contributed by atoms with Crippen LogP contribution in [0.5, 0.6) is 0 Å². The van der Waals surface area contributed by atoms with E-state index < -0.39 is 0 Å². The molecule has 0 N–H and O–H groups in total. The highest BCUT2D eigenvalue weighted by Gasteiger charge is 2.44. The monoisotopic (exact) mass is 412 g/mol. The van der Waals surface area contributed by atoms with E-state index >= 15 is 0 Å². The van der Waals surface area contributed by atoms with E-state index in [0.717, 1.165) is 64.1 Å². The zero-order chi connectivity index (χ0) is 21.1. The Hall–Kier alpha value is -2.14. The fourth-order valence-corrected chi connectivity index (χ4v) is 4.97. The van der Waals surface area contributed by atoms with Crippen molar-refractivity contribution in [3.05, 3.63) is 53.4 Å². The quantitative estimate of drug-likeness (QED) is 0.538. The molecule has 1 aliphatic carbocycles. The average Bonchev–Trinajstić information content (AvgIpc) is 3.01. The van der Waals surface area contributed by atoms with Crippen LogP contribution in [0.1, 0.15) is 39.5 Å². The molecule has 4 nitrogen and oxygen atoms in total. The largest absolute Gasteiger partial charge is 0.458 e. The van der Waals surface area contributed by atoms with Crippen LogP contribution in [0.2, 0.25) is 0 Å². The van der Waals surface area contributed by atoms with Gasteiger partial charge in [0.25, 0.3) is 0 Å². The number of benzene rings is 1. The van der Waals surface area contributed by atoms with Crippen molar-refractivity contribution in [2.24, 2.45) is 11.8 Å². The van der Waals surface area contributed by atoms with Crippen molar-refractivity contribution in [1.29, 1.82) is 0 Å². The zero-order valence-electron chi connectivity index (χ0n) is 18.1. The Labute approximate surface area is 179 Å². The Morgan fingerprint density at radius 1 is 1.03 bits per heavy atom. The summed E-state index contributed by atoms with van der Waals surface area (Å²) in [6.07, 6.45) is 8.62. The molecule has 4 rings (SSSR count). The van der Waals surface area contributed by atoms with Crippen molar-refractivity contribution in [2.75, 3.05) is 37.6 Å². The smallest absolute Gasteiger partial charge is 0.311 e. The van der Waals surface area contributed by atoms with Gasteiger partial charge in [0, 0.05) is 44.3 Å².